The number of ether oxygens (including phenoxy) is 2. The largest absolute Gasteiger partial charge is 0.375 e. The maximum atomic E-state index is 12.0. The van der Waals surface area contributed by atoms with Crippen LogP contribution in [0, 0.1) is 0 Å². The maximum Gasteiger partial charge on any atom is 0.222 e. The van der Waals surface area contributed by atoms with Gasteiger partial charge >= 0.3 is 0 Å². The summed E-state index contributed by atoms with van der Waals surface area (Å²) >= 11 is 0. The van der Waals surface area contributed by atoms with E-state index in [0.717, 1.165) is 32.7 Å². The molecule has 2 aliphatic rings. The summed E-state index contributed by atoms with van der Waals surface area (Å²) in [7, 11) is 0. The number of rotatable bonds is 6. The molecular weight excluding hydrogens is 306 g/mol. The number of carbonyl (C=O) groups excluding carboxylic acids is 1. The van der Waals surface area contributed by atoms with Crippen molar-refractivity contribution < 1.29 is 14.3 Å². The summed E-state index contributed by atoms with van der Waals surface area (Å²) in [6.07, 6.45) is 0.449. The van der Waals surface area contributed by atoms with Crippen molar-refractivity contribution in [1.29, 1.82) is 0 Å². The van der Waals surface area contributed by atoms with Gasteiger partial charge in [0.2, 0.25) is 5.91 Å². The van der Waals surface area contributed by atoms with Crippen LogP contribution in [0.3, 0.4) is 0 Å². The predicted molar refractivity (Wildman–Crippen MR) is 91.7 cm³/mol. The maximum absolute atomic E-state index is 12.0. The molecule has 1 amide bonds. The van der Waals surface area contributed by atoms with Crippen molar-refractivity contribution in [2.24, 2.45) is 0 Å². The Bertz CT molecular complexity index is 505. The van der Waals surface area contributed by atoms with Crippen molar-refractivity contribution >= 4 is 5.91 Å². The highest BCUT2D eigenvalue weighted by Crippen LogP contribution is 2.10. The molecule has 2 unspecified atom stereocenters. The third-order valence-corrected chi connectivity index (χ3v) is 4.42. The summed E-state index contributed by atoms with van der Waals surface area (Å²) in [5, 5.41) is 6.22. The van der Waals surface area contributed by atoms with Crippen LogP contribution in [0.2, 0.25) is 0 Å². The molecular formula is C18H27N3O3. The molecule has 2 aliphatic heterocycles. The van der Waals surface area contributed by atoms with E-state index in [1.54, 1.807) is 0 Å². The first-order chi connectivity index (χ1) is 11.8. The van der Waals surface area contributed by atoms with Gasteiger partial charge in [-0.15, -0.1) is 0 Å². The second-order valence-corrected chi connectivity index (χ2v) is 6.42. The molecule has 0 radical (unpaired) electrons. The molecule has 1 aromatic rings. The van der Waals surface area contributed by atoms with E-state index in [-0.39, 0.29) is 18.1 Å². The summed E-state index contributed by atoms with van der Waals surface area (Å²) < 4.78 is 11.3. The van der Waals surface area contributed by atoms with Gasteiger partial charge in [0.15, 0.2) is 0 Å². The molecule has 2 fully saturated rings. The summed E-state index contributed by atoms with van der Waals surface area (Å²) in [4.78, 5) is 14.4. The summed E-state index contributed by atoms with van der Waals surface area (Å²) in [5.41, 5.74) is 1.31. The molecule has 0 aliphatic carbocycles. The zero-order valence-corrected chi connectivity index (χ0v) is 14.1. The monoisotopic (exact) mass is 333 g/mol. The van der Waals surface area contributed by atoms with Crippen LogP contribution < -0.4 is 10.6 Å². The quantitative estimate of drug-likeness (QED) is 0.788. The average molecular weight is 333 g/mol. The normalized spacial score (nSPS) is 25.3. The number of nitrogens with one attached hydrogen (secondary N) is 2. The van der Waals surface area contributed by atoms with E-state index < -0.39 is 0 Å². The minimum Gasteiger partial charge on any atom is -0.375 e. The van der Waals surface area contributed by atoms with Crippen LogP contribution in [0.1, 0.15) is 12.0 Å². The Morgan fingerprint density at radius 3 is 2.83 bits per heavy atom. The topological polar surface area (TPSA) is 62.8 Å². The van der Waals surface area contributed by atoms with Gasteiger partial charge in [0.1, 0.15) is 0 Å². The fourth-order valence-corrected chi connectivity index (χ4v) is 3.15. The van der Waals surface area contributed by atoms with Crippen molar-refractivity contribution in [3.05, 3.63) is 35.9 Å². The Hall–Kier alpha value is -1.47. The molecule has 6 nitrogen and oxygen atoms in total. The van der Waals surface area contributed by atoms with Crippen LogP contribution in [-0.4, -0.2) is 69.0 Å². The van der Waals surface area contributed by atoms with Gasteiger partial charge in [-0.1, -0.05) is 30.3 Å². The van der Waals surface area contributed by atoms with E-state index in [4.69, 9.17) is 9.47 Å². The molecule has 0 bridgehead atoms. The van der Waals surface area contributed by atoms with Crippen LogP contribution >= 0.6 is 0 Å². The van der Waals surface area contributed by atoms with Gasteiger partial charge in [0.05, 0.1) is 31.8 Å². The fourth-order valence-electron chi connectivity index (χ4n) is 3.15. The zero-order valence-electron chi connectivity index (χ0n) is 14.1. The minimum atomic E-state index is -0.0133. The molecule has 2 heterocycles. The number of hydrogen-bond acceptors (Lipinski definition) is 5. The van der Waals surface area contributed by atoms with E-state index in [0.29, 0.717) is 26.2 Å². The Morgan fingerprint density at radius 2 is 2.04 bits per heavy atom. The number of benzene rings is 1. The number of carbonyl (C=O) groups is 1. The first-order valence-electron chi connectivity index (χ1n) is 8.76. The van der Waals surface area contributed by atoms with Crippen molar-refractivity contribution in [3.63, 3.8) is 0 Å². The second kappa shape index (κ2) is 9.13. The number of amides is 1. The van der Waals surface area contributed by atoms with Gasteiger partial charge in [-0.3, -0.25) is 9.69 Å². The molecule has 0 aromatic heterocycles. The molecule has 1 aromatic carbocycles. The third-order valence-electron chi connectivity index (χ3n) is 4.42. The fraction of sp³-hybridized carbons (Fsp3) is 0.611. The lowest BCUT2D eigenvalue weighted by molar-refractivity contribution is -0.125. The molecule has 2 atom stereocenters. The van der Waals surface area contributed by atoms with Gasteiger partial charge in [-0.2, -0.15) is 0 Å². The smallest absolute Gasteiger partial charge is 0.222 e. The summed E-state index contributed by atoms with van der Waals surface area (Å²) in [6, 6.07) is 10.5. The Kier molecular flexibility index (Phi) is 6.60. The lowest BCUT2D eigenvalue weighted by Gasteiger charge is -2.33. The van der Waals surface area contributed by atoms with E-state index in [1.165, 1.54) is 5.56 Å². The molecule has 0 spiro atoms. The van der Waals surface area contributed by atoms with Crippen molar-refractivity contribution in [2.45, 2.75) is 25.2 Å². The Balaban J connectivity index is 1.38. The number of morpholine rings is 2. The summed E-state index contributed by atoms with van der Waals surface area (Å²) in [6.45, 7) is 6.27. The molecule has 3 rings (SSSR count). The highest BCUT2D eigenvalue weighted by atomic mass is 16.5. The van der Waals surface area contributed by atoms with Crippen molar-refractivity contribution in [2.75, 3.05) is 45.9 Å². The molecule has 2 saturated heterocycles. The molecule has 24 heavy (non-hydrogen) atoms. The van der Waals surface area contributed by atoms with Crippen LogP contribution in [0.15, 0.2) is 30.3 Å². The van der Waals surface area contributed by atoms with Crippen LogP contribution in [0.4, 0.5) is 0 Å². The van der Waals surface area contributed by atoms with Gasteiger partial charge in [-0.25, -0.2) is 0 Å². The highest BCUT2D eigenvalue weighted by molar-refractivity contribution is 5.76. The average Bonchev–Trinajstić information content (AvgIpc) is 2.62. The van der Waals surface area contributed by atoms with Gasteiger partial charge in [-0.05, 0) is 5.56 Å². The second-order valence-electron chi connectivity index (χ2n) is 6.42. The lowest BCUT2D eigenvalue weighted by atomic mass is 10.2. The molecule has 6 heteroatoms. The van der Waals surface area contributed by atoms with Gasteiger partial charge in [0, 0.05) is 39.3 Å². The SMILES string of the molecule is O=C(CC1CNCCO1)NCC1CN(Cc2ccccc2)CCO1. The lowest BCUT2D eigenvalue weighted by Crippen LogP contribution is -2.48. The first kappa shape index (κ1) is 17.4. The van der Waals surface area contributed by atoms with Crippen LogP contribution in [0.5, 0.6) is 0 Å². The third kappa shape index (κ3) is 5.56. The van der Waals surface area contributed by atoms with E-state index in [2.05, 4.69) is 39.8 Å². The molecule has 0 saturated carbocycles. The van der Waals surface area contributed by atoms with E-state index in [1.807, 2.05) is 6.07 Å². The van der Waals surface area contributed by atoms with Crippen LogP contribution in [0.25, 0.3) is 0 Å². The molecule has 2 N–H and O–H groups in total. The zero-order chi connectivity index (χ0) is 16.6. The summed E-state index contributed by atoms with van der Waals surface area (Å²) in [5.74, 6) is 0.0347. The molecule has 132 valence electrons. The number of nitrogens with zero attached hydrogens (tertiary/aromatic N) is 1. The van der Waals surface area contributed by atoms with E-state index >= 15 is 0 Å². The Labute approximate surface area is 143 Å². The standard InChI is InChI=1S/C18H27N3O3/c22-18(10-16-11-19-6-8-23-16)20-12-17-14-21(7-9-24-17)13-15-4-2-1-3-5-15/h1-5,16-17,19H,6-14H2,(H,20,22). The number of hydrogen-bond donors (Lipinski definition) is 2. The Morgan fingerprint density at radius 1 is 1.21 bits per heavy atom. The highest BCUT2D eigenvalue weighted by Gasteiger charge is 2.22. The van der Waals surface area contributed by atoms with Gasteiger partial charge in [0.25, 0.3) is 0 Å². The first-order valence-corrected chi connectivity index (χ1v) is 8.76. The van der Waals surface area contributed by atoms with Crippen molar-refractivity contribution in [3.8, 4) is 0 Å². The van der Waals surface area contributed by atoms with Gasteiger partial charge < -0.3 is 20.1 Å². The minimum absolute atomic E-state index is 0.0133. The predicted octanol–water partition coefficient (Wildman–Crippen LogP) is 0.382. The van der Waals surface area contributed by atoms with Crippen molar-refractivity contribution in [1.82, 2.24) is 15.5 Å². The van der Waals surface area contributed by atoms with E-state index in [9.17, 15) is 4.79 Å². The van der Waals surface area contributed by atoms with Crippen LogP contribution in [-0.2, 0) is 20.8 Å².